The van der Waals surface area contributed by atoms with Gasteiger partial charge in [0.1, 0.15) is 16.2 Å². The van der Waals surface area contributed by atoms with Gasteiger partial charge in [0, 0.05) is 25.1 Å². The summed E-state index contributed by atoms with van der Waals surface area (Å²) in [6, 6.07) is 2.53. The van der Waals surface area contributed by atoms with E-state index in [9.17, 15) is 0 Å². The minimum absolute atomic E-state index is 0.488. The van der Waals surface area contributed by atoms with Crippen LogP contribution in [0.2, 0.25) is 0 Å². The summed E-state index contributed by atoms with van der Waals surface area (Å²) in [5.41, 5.74) is 0. The van der Waals surface area contributed by atoms with Crippen molar-refractivity contribution >= 4 is 21.7 Å². The van der Waals surface area contributed by atoms with Crippen LogP contribution in [0.5, 0.6) is 0 Å². The average molecular weight is 312 g/mol. The van der Waals surface area contributed by atoms with Crippen LogP contribution in [0.15, 0.2) is 10.7 Å². The highest BCUT2D eigenvalue weighted by Crippen LogP contribution is 2.32. The van der Waals surface area contributed by atoms with Crippen LogP contribution in [-0.4, -0.2) is 22.6 Å². The van der Waals surface area contributed by atoms with Gasteiger partial charge < -0.3 is 4.90 Å². The Kier molecular flexibility index (Phi) is 4.60. The van der Waals surface area contributed by atoms with Crippen molar-refractivity contribution in [3.8, 4) is 0 Å². The van der Waals surface area contributed by atoms with E-state index in [2.05, 4.69) is 46.6 Å². The number of aromatic nitrogens is 2. The van der Waals surface area contributed by atoms with E-state index in [0.29, 0.717) is 6.04 Å². The Balaban J connectivity index is 2.21. The molecule has 1 saturated carbocycles. The molecule has 0 spiro atoms. The highest BCUT2D eigenvalue weighted by Gasteiger charge is 2.26. The predicted octanol–water partition coefficient (Wildman–Crippen LogP) is 3.82. The SMILES string of the molecule is CCCc1nc(Br)cc(N(CC2CC2)C(C)C)n1. The maximum atomic E-state index is 4.71. The molecule has 4 heteroatoms. The largest absolute Gasteiger partial charge is 0.354 e. The number of hydrogen-bond acceptors (Lipinski definition) is 3. The van der Waals surface area contributed by atoms with Gasteiger partial charge in [0.25, 0.3) is 0 Å². The Morgan fingerprint density at radius 3 is 2.67 bits per heavy atom. The summed E-state index contributed by atoms with van der Waals surface area (Å²) < 4.78 is 0.900. The molecular formula is C14H22BrN3. The lowest BCUT2D eigenvalue weighted by Crippen LogP contribution is -2.33. The van der Waals surface area contributed by atoms with Gasteiger partial charge in [-0.05, 0) is 55.0 Å². The summed E-state index contributed by atoms with van der Waals surface area (Å²) in [4.78, 5) is 11.6. The molecule has 1 heterocycles. The van der Waals surface area contributed by atoms with Gasteiger partial charge in [-0.2, -0.15) is 0 Å². The Labute approximate surface area is 118 Å². The normalized spacial score (nSPS) is 15.2. The molecule has 1 aliphatic rings. The van der Waals surface area contributed by atoms with E-state index < -0.39 is 0 Å². The maximum absolute atomic E-state index is 4.71. The van der Waals surface area contributed by atoms with E-state index in [4.69, 9.17) is 4.98 Å². The first-order valence-corrected chi connectivity index (χ1v) is 7.69. The molecule has 1 aliphatic carbocycles. The number of anilines is 1. The van der Waals surface area contributed by atoms with Gasteiger partial charge in [0.05, 0.1) is 0 Å². The lowest BCUT2D eigenvalue weighted by Gasteiger charge is -2.28. The number of nitrogens with zero attached hydrogens (tertiary/aromatic N) is 3. The lowest BCUT2D eigenvalue weighted by molar-refractivity contribution is 0.632. The third-order valence-electron chi connectivity index (χ3n) is 3.27. The Morgan fingerprint density at radius 2 is 2.11 bits per heavy atom. The number of hydrogen-bond donors (Lipinski definition) is 0. The fraction of sp³-hybridized carbons (Fsp3) is 0.714. The summed E-state index contributed by atoms with van der Waals surface area (Å²) >= 11 is 3.50. The molecule has 0 saturated heterocycles. The molecule has 0 bridgehead atoms. The molecular weight excluding hydrogens is 290 g/mol. The van der Waals surface area contributed by atoms with Crippen molar-refractivity contribution in [2.75, 3.05) is 11.4 Å². The van der Waals surface area contributed by atoms with Crippen molar-refractivity contribution in [1.82, 2.24) is 9.97 Å². The second kappa shape index (κ2) is 6.00. The Morgan fingerprint density at radius 1 is 1.39 bits per heavy atom. The molecule has 0 unspecified atom stereocenters. The zero-order chi connectivity index (χ0) is 13.1. The number of rotatable bonds is 6. The van der Waals surface area contributed by atoms with Crippen molar-refractivity contribution in [2.24, 2.45) is 5.92 Å². The molecule has 18 heavy (non-hydrogen) atoms. The lowest BCUT2D eigenvalue weighted by atomic mass is 10.2. The molecule has 0 atom stereocenters. The van der Waals surface area contributed by atoms with Crippen molar-refractivity contribution in [3.63, 3.8) is 0 Å². The fourth-order valence-electron chi connectivity index (χ4n) is 2.08. The van der Waals surface area contributed by atoms with Crippen LogP contribution in [0.3, 0.4) is 0 Å². The van der Waals surface area contributed by atoms with Crippen molar-refractivity contribution in [3.05, 3.63) is 16.5 Å². The summed E-state index contributed by atoms with van der Waals surface area (Å²) in [6.07, 6.45) is 4.77. The molecule has 1 aromatic rings. The third kappa shape index (κ3) is 3.67. The summed E-state index contributed by atoms with van der Waals surface area (Å²) in [5, 5.41) is 0. The highest BCUT2D eigenvalue weighted by atomic mass is 79.9. The van der Waals surface area contributed by atoms with Crippen LogP contribution in [0.4, 0.5) is 5.82 Å². The Bertz CT molecular complexity index is 402. The average Bonchev–Trinajstić information content (AvgIpc) is 3.08. The molecule has 0 aliphatic heterocycles. The van der Waals surface area contributed by atoms with Gasteiger partial charge >= 0.3 is 0 Å². The van der Waals surface area contributed by atoms with E-state index in [1.54, 1.807) is 0 Å². The highest BCUT2D eigenvalue weighted by molar-refractivity contribution is 9.10. The van der Waals surface area contributed by atoms with Crippen LogP contribution in [0, 0.1) is 5.92 Å². The number of halogens is 1. The fourth-order valence-corrected chi connectivity index (χ4v) is 2.49. The third-order valence-corrected chi connectivity index (χ3v) is 3.68. The van der Waals surface area contributed by atoms with Gasteiger partial charge in [0.15, 0.2) is 0 Å². The molecule has 0 radical (unpaired) electrons. The minimum Gasteiger partial charge on any atom is -0.354 e. The van der Waals surface area contributed by atoms with Gasteiger partial charge in [-0.15, -0.1) is 0 Å². The first kappa shape index (κ1) is 13.8. The molecule has 2 rings (SSSR count). The molecule has 0 aromatic carbocycles. The van der Waals surface area contributed by atoms with Crippen molar-refractivity contribution in [1.29, 1.82) is 0 Å². The zero-order valence-electron chi connectivity index (χ0n) is 11.5. The second-order valence-corrected chi connectivity index (χ2v) is 6.22. The van der Waals surface area contributed by atoms with Gasteiger partial charge in [0.2, 0.25) is 0 Å². The monoisotopic (exact) mass is 311 g/mol. The topological polar surface area (TPSA) is 29.0 Å². The van der Waals surface area contributed by atoms with E-state index >= 15 is 0 Å². The summed E-state index contributed by atoms with van der Waals surface area (Å²) in [5.74, 6) is 2.89. The van der Waals surface area contributed by atoms with Crippen LogP contribution >= 0.6 is 15.9 Å². The predicted molar refractivity (Wildman–Crippen MR) is 78.9 cm³/mol. The Hall–Kier alpha value is -0.640. The van der Waals surface area contributed by atoms with Crippen LogP contribution < -0.4 is 4.90 Å². The second-order valence-electron chi connectivity index (χ2n) is 5.40. The maximum Gasteiger partial charge on any atom is 0.133 e. The van der Waals surface area contributed by atoms with Crippen LogP contribution in [-0.2, 0) is 6.42 Å². The van der Waals surface area contributed by atoms with Crippen molar-refractivity contribution in [2.45, 2.75) is 52.5 Å². The first-order chi connectivity index (χ1) is 8.60. The van der Waals surface area contributed by atoms with E-state index in [1.807, 2.05) is 6.07 Å². The smallest absolute Gasteiger partial charge is 0.133 e. The zero-order valence-corrected chi connectivity index (χ0v) is 13.1. The molecule has 1 fully saturated rings. The molecule has 1 aromatic heterocycles. The van der Waals surface area contributed by atoms with E-state index in [0.717, 1.165) is 41.5 Å². The van der Waals surface area contributed by atoms with Crippen LogP contribution in [0.25, 0.3) is 0 Å². The molecule has 0 N–H and O–H groups in total. The van der Waals surface area contributed by atoms with Gasteiger partial charge in [-0.25, -0.2) is 9.97 Å². The minimum atomic E-state index is 0.488. The van der Waals surface area contributed by atoms with E-state index in [1.165, 1.54) is 12.8 Å². The van der Waals surface area contributed by atoms with Crippen molar-refractivity contribution < 1.29 is 0 Å². The van der Waals surface area contributed by atoms with Gasteiger partial charge in [-0.3, -0.25) is 0 Å². The quantitative estimate of drug-likeness (QED) is 0.748. The standard InChI is InChI=1S/C14H22BrN3/c1-4-5-13-16-12(15)8-14(17-13)18(10(2)3)9-11-6-7-11/h8,10-11H,4-7,9H2,1-3H3. The molecule has 0 amide bonds. The summed E-state index contributed by atoms with van der Waals surface area (Å²) in [6.45, 7) is 7.76. The van der Waals surface area contributed by atoms with Crippen LogP contribution in [0.1, 0.15) is 45.9 Å². The van der Waals surface area contributed by atoms with E-state index in [-0.39, 0.29) is 0 Å². The van der Waals surface area contributed by atoms with Gasteiger partial charge in [-0.1, -0.05) is 6.92 Å². The molecule has 3 nitrogen and oxygen atoms in total. The number of aryl methyl sites for hydroxylation is 1. The summed E-state index contributed by atoms with van der Waals surface area (Å²) in [7, 11) is 0. The molecule has 100 valence electrons. The first-order valence-electron chi connectivity index (χ1n) is 6.90.